The second-order valence-electron chi connectivity index (χ2n) is 2.06. The first-order valence-electron chi connectivity index (χ1n) is 2.95. The number of hydrogen-bond acceptors (Lipinski definition) is 3. The van der Waals surface area contributed by atoms with Gasteiger partial charge >= 0.3 is 0 Å². The molecule has 0 spiro atoms. The molecule has 0 aromatic carbocycles. The maximum atomic E-state index is 12.1. The number of alkyl halides is 2. The molecule has 0 unspecified atom stereocenters. The Hall–Kier alpha value is -0.910. The van der Waals surface area contributed by atoms with Crippen molar-refractivity contribution in [2.45, 2.75) is 6.43 Å². The molecule has 0 radical (unpaired) electrons. The molecule has 0 fully saturated rings. The van der Waals surface area contributed by atoms with Crippen LogP contribution in [0.5, 0.6) is 5.75 Å². The van der Waals surface area contributed by atoms with Gasteiger partial charge in [-0.05, 0) is 15.9 Å². The van der Waals surface area contributed by atoms with Gasteiger partial charge in [-0.15, -0.1) is 0 Å². The molecule has 0 aliphatic rings. The molecular formula is C6H5BrF2N2O. The summed E-state index contributed by atoms with van der Waals surface area (Å²) in [4.78, 5) is 3.28. The summed E-state index contributed by atoms with van der Waals surface area (Å²) in [6.45, 7) is 0. The molecule has 1 aromatic heterocycles. The molecule has 6 heteroatoms. The van der Waals surface area contributed by atoms with E-state index in [-0.39, 0.29) is 15.9 Å². The molecule has 1 rings (SSSR count). The van der Waals surface area contributed by atoms with Crippen LogP contribution < -0.4 is 5.73 Å². The lowest BCUT2D eigenvalue weighted by Gasteiger charge is -2.05. The van der Waals surface area contributed by atoms with Crippen LogP contribution in [0.15, 0.2) is 10.7 Å². The molecule has 66 valence electrons. The van der Waals surface area contributed by atoms with Crippen LogP contribution >= 0.6 is 15.9 Å². The van der Waals surface area contributed by atoms with Crippen molar-refractivity contribution in [1.82, 2.24) is 4.98 Å². The smallest absolute Gasteiger partial charge is 0.282 e. The zero-order valence-electron chi connectivity index (χ0n) is 5.76. The van der Waals surface area contributed by atoms with Crippen LogP contribution in [0.25, 0.3) is 0 Å². The van der Waals surface area contributed by atoms with Gasteiger partial charge in [-0.2, -0.15) is 0 Å². The second-order valence-corrected chi connectivity index (χ2v) is 2.85. The quantitative estimate of drug-likeness (QED) is 0.788. The van der Waals surface area contributed by atoms with E-state index >= 15 is 0 Å². The number of hydrogen-bond donors (Lipinski definition) is 2. The summed E-state index contributed by atoms with van der Waals surface area (Å²) in [5, 5.41) is 8.97. The number of rotatable bonds is 1. The van der Waals surface area contributed by atoms with Gasteiger partial charge in [0.2, 0.25) is 0 Å². The van der Waals surface area contributed by atoms with Gasteiger partial charge in [0.05, 0.1) is 16.4 Å². The van der Waals surface area contributed by atoms with Crippen molar-refractivity contribution < 1.29 is 13.9 Å². The van der Waals surface area contributed by atoms with Crippen LogP contribution in [-0.2, 0) is 0 Å². The second kappa shape index (κ2) is 3.22. The minimum Gasteiger partial charge on any atom is -0.505 e. The van der Waals surface area contributed by atoms with Crippen molar-refractivity contribution in [2.75, 3.05) is 5.73 Å². The molecule has 1 aromatic rings. The fourth-order valence-electron chi connectivity index (χ4n) is 0.681. The third-order valence-electron chi connectivity index (χ3n) is 1.27. The summed E-state index contributed by atoms with van der Waals surface area (Å²) in [6, 6.07) is 0. The third kappa shape index (κ3) is 1.47. The van der Waals surface area contributed by atoms with Crippen LogP contribution in [0.1, 0.15) is 12.1 Å². The van der Waals surface area contributed by atoms with Crippen LogP contribution in [0.3, 0.4) is 0 Å². The van der Waals surface area contributed by atoms with E-state index in [0.29, 0.717) is 0 Å². The summed E-state index contributed by atoms with van der Waals surface area (Å²) in [7, 11) is 0. The van der Waals surface area contributed by atoms with Gasteiger partial charge in [0.25, 0.3) is 6.43 Å². The molecule has 0 aliphatic heterocycles. The summed E-state index contributed by atoms with van der Waals surface area (Å²) in [5.74, 6) is -0.253. The van der Waals surface area contributed by atoms with E-state index in [9.17, 15) is 8.78 Å². The Morgan fingerprint density at radius 3 is 2.67 bits per heavy atom. The standard InChI is InChI=1S/C6H5BrF2N2O/c7-3-2(12)1-11-5(4(3)10)6(8)9/h1,6,12H,10H2. The first kappa shape index (κ1) is 9.18. The van der Waals surface area contributed by atoms with E-state index in [4.69, 9.17) is 10.8 Å². The van der Waals surface area contributed by atoms with E-state index in [0.717, 1.165) is 6.20 Å². The Bertz CT molecular complexity index is 306. The highest BCUT2D eigenvalue weighted by molar-refractivity contribution is 9.10. The van der Waals surface area contributed by atoms with Crippen molar-refractivity contribution >= 4 is 21.6 Å². The lowest BCUT2D eigenvalue weighted by molar-refractivity contribution is 0.147. The normalized spacial score (nSPS) is 10.7. The van der Waals surface area contributed by atoms with Crippen molar-refractivity contribution in [3.8, 4) is 5.75 Å². The third-order valence-corrected chi connectivity index (χ3v) is 2.10. The van der Waals surface area contributed by atoms with Gasteiger partial charge in [0, 0.05) is 0 Å². The molecule has 0 saturated carbocycles. The van der Waals surface area contributed by atoms with Crippen molar-refractivity contribution in [1.29, 1.82) is 0 Å². The van der Waals surface area contributed by atoms with Gasteiger partial charge in [-0.25, -0.2) is 13.8 Å². The number of anilines is 1. The first-order chi connectivity index (χ1) is 5.54. The number of nitrogens with two attached hydrogens (primary N) is 1. The molecule has 0 saturated heterocycles. The van der Waals surface area contributed by atoms with E-state index in [2.05, 4.69) is 20.9 Å². The Morgan fingerprint density at radius 2 is 2.17 bits per heavy atom. The minimum atomic E-state index is -2.73. The Kier molecular flexibility index (Phi) is 2.46. The minimum absolute atomic E-state index is 0.0489. The molecular weight excluding hydrogens is 234 g/mol. The summed E-state index contributed by atoms with van der Waals surface area (Å²) in [6.07, 6.45) is -1.82. The predicted molar refractivity (Wildman–Crippen MR) is 43.0 cm³/mol. The lowest BCUT2D eigenvalue weighted by atomic mass is 10.3. The molecule has 3 nitrogen and oxygen atoms in total. The van der Waals surface area contributed by atoms with E-state index in [1.54, 1.807) is 0 Å². The summed E-state index contributed by atoms with van der Waals surface area (Å²) in [5.41, 5.74) is 4.48. The van der Waals surface area contributed by atoms with Crippen LogP contribution in [0.4, 0.5) is 14.5 Å². The fourth-order valence-corrected chi connectivity index (χ4v) is 0.987. The number of nitrogens with zero attached hydrogens (tertiary/aromatic N) is 1. The molecule has 12 heavy (non-hydrogen) atoms. The Labute approximate surface area is 75.3 Å². The summed E-state index contributed by atoms with van der Waals surface area (Å²) < 4.78 is 24.2. The summed E-state index contributed by atoms with van der Waals surface area (Å²) >= 11 is 2.85. The maximum absolute atomic E-state index is 12.1. The van der Waals surface area contributed by atoms with Crippen LogP contribution in [0, 0.1) is 0 Å². The maximum Gasteiger partial charge on any atom is 0.282 e. The number of nitrogen functional groups attached to an aromatic ring is 1. The van der Waals surface area contributed by atoms with Crippen molar-refractivity contribution in [3.05, 3.63) is 16.4 Å². The molecule has 0 atom stereocenters. The number of pyridine rings is 1. The molecule has 1 heterocycles. The largest absolute Gasteiger partial charge is 0.505 e. The Balaban J connectivity index is 3.27. The van der Waals surface area contributed by atoms with Gasteiger partial charge in [0.1, 0.15) is 11.4 Å². The van der Waals surface area contributed by atoms with E-state index in [1.807, 2.05) is 0 Å². The molecule has 0 aliphatic carbocycles. The predicted octanol–water partition coefficient (Wildman–Crippen LogP) is 2.07. The highest BCUT2D eigenvalue weighted by Crippen LogP contribution is 2.34. The molecule has 0 amide bonds. The van der Waals surface area contributed by atoms with Crippen LogP contribution in [-0.4, -0.2) is 10.1 Å². The Morgan fingerprint density at radius 1 is 1.58 bits per heavy atom. The van der Waals surface area contributed by atoms with Crippen molar-refractivity contribution in [2.24, 2.45) is 0 Å². The van der Waals surface area contributed by atoms with E-state index < -0.39 is 12.1 Å². The lowest BCUT2D eigenvalue weighted by Crippen LogP contribution is -1.99. The SMILES string of the molecule is Nc1c(C(F)F)ncc(O)c1Br. The number of halogens is 3. The molecule has 0 bridgehead atoms. The highest BCUT2D eigenvalue weighted by Gasteiger charge is 2.16. The zero-order chi connectivity index (χ0) is 9.30. The van der Waals surface area contributed by atoms with Gasteiger partial charge in [-0.3, -0.25) is 0 Å². The van der Waals surface area contributed by atoms with Gasteiger partial charge in [0.15, 0.2) is 0 Å². The zero-order valence-corrected chi connectivity index (χ0v) is 7.35. The highest BCUT2D eigenvalue weighted by atomic mass is 79.9. The van der Waals surface area contributed by atoms with Crippen molar-refractivity contribution in [3.63, 3.8) is 0 Å². The fraction of sp³-hybridized carbons (Fsp3) is 0.167. The topological polar surface area (TPSA) is 59.1 Å². The first-order valence-corrected chi connectivity index (χ1v) is 3.74. The molecule has 3 N–H and O–H groups in total. The monoisotopic (exact) mass is 238 g/mol. The van der Waals surface area contributed by atoms with Gasteiger partial charge < -0.3 is 10.8 Å². The van der Waals surface area contributed by atoms with Gasteiger partial charge in [-0.1, -0.05) is 0 Å². The average Bonchev–Trinajstić information content (AvgIpc) is 2.00. The number of aromatic hydroxyl groups is 1. The number of aromatic nitrogens is 1. The van der Waals surface area contributed by atoms with Crippen LogP contribution in [0.2, 0.25) is 0 Å². The van der Waals surface area contributed by atoms with E-state index in [1.165, 1.54) is 0 Å². The average molecular weight is 239 g/mol.